The Morgan fingerprint density at radius 2 is 2.31 bits per heavy atom. The maximum atomic E-state index is 8.66. The van der Waals surface area contributed by atoms with Gasteiger partial charge in [0.1, 0.15) is 5.38 Å². The highest BCUT2D eigenvalue weighted by Crippen LogP contribution is 2.20. The van der Waals surface area contributed by atoms with E-state index in [0.717, 1.165) is 0 Å². The van der Waals surface area contributed by atoms with E-state index in [2.05, 4.69) is 10.2 Å². The molecule has 1 heterocycles. The zero-order valence-corrected chi connectivity index (χ0v) is 8.32. The fourth-order valence-electron chi connectivity index (χ4n) is 0.787. The van der Waals surface area contributed by atoms with Crippen molar-refractivity contribution in [1.82, 2.24) is 10.2 Å². The van der Waals surface area contributed by atoms with E-state index in [4.69, 9.17) is 21.1 Å². The second-order valence-electron chi connectivity index (χ2n) is 2.68. The number of nitrogens with zero attached hydrogens (tertiary/aromatic N) is 3. The van der Waals surface area contributed by atoms with Gasteiger partial charge in [0.05, 0.1) is 6.61 Å². The van der Waals surface area contributed by atoms with Crippen LogP contribution < -0.4 is 4.90 Å². The molecule has 0 bridgehead atoms. The SMILES string of the molecule is CC(Cl)c1nnc(N(C)CCO)o1. The van der Waals surface area contributed by atoms with E-state index in [-0.39, 0.29) is 12.0 Å². The summed E-state index contributed by atoms with van der Waals surface area (Å²) in [6.07, 6.45) is 0. The summed E-state index contributed by atoms with van der Waals surface area (Å²) in [6.45, 7) is 2.26. The van der Waals surface area contributed by atoms with E-state index < -0.39 is 0 Å². The molecule has 1 unspecified atom stereocenters. The third kappa shape index (κ3) is 2.57. The Hall–Kier alpha value is -0.810. The second-order valence-corrected chi connectivity index (χ2v) is 3.34. The van der Waals surface area contributed by atoms with Crippen molar-refractivity contribution in [2.75, 3.05) is 25.1 Å². The fraction of sp³-hybridized carbons (Fsp3) is 0.714. The first kappa shape index (κ1) is 10.3. The third-order valence-corrected chi connectivity index (χ3v) is 1.72. The molecule has 0 radical (unpaired) electrons. The van der Waals surface area contributed by atoms with Crippen molar-refractivity contribution in [2.24, 2.45) is 0 Å². The number of aliphatic hydroxyl groups is 1. The van der Waals surface area contributed by atoms with Crippen molar-refractivity contribution in [3.63, 3.8) is 0 Å². The Labute approximate surface area is 81.3 Å². The molecule has 0 fully saturated rings. The minimum Gasteiger partial charge on any atom is -0.406 e. The van der Waals surface area contributed by atoms with Crippen molar-refractivity contribution < 1.29 is 9.52 Å². The Morgan fingerprint density at radius 3 is 2.77 bits per heavy atom. The summed E-state index contributed by atoms with van der Waals surface area (Å²) in [4.78, 5) is 1.66. The molecule has 74 valence electrons. The van der Waals surface area contributed by atoms with E-state index in [1.54, 1.807) is 18.9 Å². The first-order valence-electron chi connectivity index (χ1n) is 3.94. The van der Waals surface area contributed by atoms with Crippen molar-refractivity contribution in [3.8, 4) is 0 Å². The molecule has 0 spiro atoms. The summed E-state index contributed by atoms with van der Waals surface area (Å²) in [7, 11) is 1.76. The molecule has 6 heteroatoms. The smallest absolute Gasteiger partial charge is 0.318 e. The predicted octanol–water partition coefficient (Wildman–Crippen LogP) is 0.798. The Morgan fingerprint density at radius 1 is 1.62 bits per heavy atom. The van der Waals surface area contributed by atoms with E-state index in [1.807, 2.05) is 0 Å². The molecule has 0 aliphatic heterocycles. The van der Waals surface area contributed by atoms with Gasteiger partial charge in [-0.25, -0.2) is 0 Å². The first-order chi connectivity index (χ1) is 6.15. The van der Waals surface area contributed by atoms with Crippen LogP contribution in [0.15, 0.2) is 4.42 Å². The summed E-state index contributed by atoms with van der Waals surface area (Å²) in [6, 6.07) is 0.372. The molecular formula is C7H12ClN3O2. The van der Waals surface area contributed by atoms with Crippen LogP contribution in [0.4, 0.5) is 6.01 Å². The lowest BCUT2D eigenvalue weighted by Gasteiger charge is -2.10. The summed E-state index contributed by atoms with van der Waals surface area (Å²) in [5.41, 5.74) is 0. The van der Waals surface area contributed by atoms with Crippen LogP contribution in [0.5, 0.6) is 0 Å². The molecule has 0 saturated carbocycles. The summed E-state index contributed by atoms with van der Waals surface area (Å²) >= 11 is 5.73. The van der Waals surface area contributed by atoms with E-state index in [9.17, 15) is 0 Å². The van der Waals surface area contributed by atoms with Gasteiger partial charge in [-0.1, -0.05) is 5.10 Å². The van der Waals surface area contributed by atoms with Crippen LogP contribution in [0.2, 0.25) is 0 Å². The number of likely N-dealkylation sites (N-methyl/N-ethyl adjacent to an activating group) is 1. The molecule has 1 aromatic rings. The van der Waals surface area contributed by atoms with Crippen LogP contribution in [0.1, 0.15) is 18.2 Å². The lowest BCUT2D eigenvalue weighted by molar-refractivity contribution is 0.301. The standard InChI is InChI=1S/C7H12ClN3O2/c1-5(8)6-9-10-7(13-6)11(2)3-4-12/h5,12H,3-4H2,1-2H3. The van der Waals surface area contributed by atoms with Crippen molar-refractivity contribution >= 4 is 17.6 Å². The number of alkyl halides is 1. The Kier molecular flexibility index (Phi) is 3.50. The maximum Gasteiger partial charge on any atom is 0.318 e. The van der Waals surface area contributed by atoms with Crippen LogP contribution in [-0.2, 0) is 0 Å². The maximum absolute atomic E-state index is 8.66. The van der Waals surface area contributed by atoms with Crippen LogP contribution in [0.3, 0.4) is 0 Å². The van der Waals surface area contributed by atoms with Crippen molar-refractivity contribution in [3.05, 3.63) is 5.89 Å². The normalized spacial score (nSPS) is 12.9. The third-order valence-electron chi connectivity index (χ3n) is 1.53. The number of hydrogen-bond acceptors (Lipinski definition) is 5. The molecule has 5 nitrogen and oxygen atoms in total. The average Bonchev–Trinajstić information content (AvgIpc) is 2.52. The number of aliphatic hydroxyl groups excluding tert-OH is 1. The lowest BCUT2D eigenvalue weighted by Crippen LogP contribution is -2.21. The number of rotatable bonds is 4. The quantitative estimate of drug-likeness (QED) is 0.737. The average molecular weight is 206 g/mol. The molecule has 1 atom stereocenters. The molecule has 0 aliphatic carbocycles. The minimum absolute atomic E-state index is 0.0463. The zero-order valence-electron chi connectivity index (χ0n) is 7.57. The predicted molar refractivity (Wildman–Crippen MR) is 48.9 cm³/mol. The number of hydrogen-bond donors (Lipinski definition) is 1. The highest BCUT2D eigenvalue weighted by Gasteiger charge is 2.13. The molecule has 1 aromatic heterocycles. The van der Waals surface area contributed by atoms with Gasteiger partial charge in [-0.05, 0) is 6.92 Å². The van der Waals surface area contributed by atoms with Gasteiger partial charge in [-0.15, -0.1) is 16.7 Å². The molecule has 0 aliphatic rings. The molecule has 1 N–H and O–H groups in total. The Bertz CT molecular complexity index is 264. The van der Waals surface area contributed by atoms with Gasteiger partial charge < -0.3 is 14.4 Å². The van der Waals surface area contributed by atoms with Crippen molar-refractivity contribution in [2.45, 2.75) is 12.3 Å². The monoisotopic (exact) mass is 205 g/mol. The van der Waals surface area contributed by atoms with Crippen LogP contribution >= 0.6 is 11.6 Å². The first-order valence-corrected chi connectivity index (χ1v) is 4.38. The number of anilines is 1. The molecule has 1 rings (SSSR count). The molecule has 0 amide bonds. The van der Waals surface area contributed by atoms with Crippen LogP contribution in [0.25, 0.3) is 0 Å². The molecule has 0 saturated heterocycles. The summed E-state index contributed by atoms with van der Waals surface area (Å²) in [5, 5.41) is 15.9. The minimum atomic E-state index is -0.288. The largest absolute Gasteiger partial charge is 0.406 e. The molecular weight excluding hydrogens is 194 g/mol. The topological polar surface area (TPSA) is 62.4 Å². The fourth-order valence-corrected chi connectivity index (χ4v) is 0.875. The van der Waals surface area contributed by atoms with E-state index in [0.29, 0.717) is 18.5 Å². The summed E-state index contributed by atoms with van der Waals surface area (Å²) in [5.74, 6) is 0.390. The van der Waals surface area contributed by atoms with Crippen molar-refractivity contribution in [1.29, 1.82) is 0 Å². The van der Waals surface area contributed by atoms with Gasteiger partial charge in [0, 0.05) is 13.6 Å². The van der Waals surface area contributed by atoms with Gasteiger partial charge in [-0.2, -0.15) is 0 Å². The second kappa shape index (κ2) is 4.43. The van der Waals surface area contributed by atoms with Gasteiger partial charge >= 0.3 is 6.01 Å². The lowest BCUT2D eigenvalue weighted by atomic mass is 10.5. The van der Waals surface area contributed by atoms with E-state index >= 15 is 0 Å². The highest BCUT2D eigenvalue weighted by atomic mass is 35.5. The van der Waals surface area contributed by atoms with Gasteiger partial charge in [0.15, 0.2) is 0 Å². The Balaban J connectivity index is 2.67. The highest BCUT2D eigenvalue weighted by molar-refractivity contribution is 6.20. The van der Waals surface area contributed by atoms with Gasteiger partial charge in [0.25, 0.3) is 0 Å². The molecule has 0 aromatic carbocycles. The van der Waals surface area contributed by atoms with Gasteiger partial charge in [-0.3, -0.25) is 0 Å². The van der Waals surface area contributed by atoms with Gasteiger partial charge in [0.2, 0.25) is 5.89 Å². The van der Waals surface area contributed by atoms with Crippen LogP contribution in [-0.4, -0.2) is 35.5 Å². The zero-order chi connectivity index (χ0) is 9.84. The number of halogens is 1. The van der Waals surface area contributed by atoms with Crippen LogP contribution in [0, 0.1) is 0 Å². The molecule has 13 heavy (non-hydrogen) atoms. The summed E-state index contributed by atoms with van der Waals surface area (Å²) < 4.78 is 5.22. The van der Waals surface area contributed by atoms with E-state index in [1.165, 1.54) is 0 Å². The number of aromatic nitrogens is 2.